The molecule has 0 spiro atoms. The lowest BCUT2D eigenvalue weighted by molar-refractivity contribution is 0.110. The van der Waals surface area contributed by atoms with Crippen LogP contribution in [0, 0.1) is 11.6 Å². The number of hydrogen-bond donors (Lipinski definition) is 0. The normalized spacial score (nSPS) is 15.7. The molecule has 2 heterocycles. The van der Waals surface area contributed by atoms with E-state index in [1.54, 1.807) is 0 Å². The van der Waals surface area contributed by atoms with Gasteiger partial charge in [0.2, 0.25) is 0 Å². The molecule has 1 aliphatic heterocycles. The zero-order chi connectivity index (χ0) is 20.1. The molecule has 1 saturated heterocycles. The predicted molar refractivity (Wildman–Crippen MR) is 111 cm³/mol. The van der Waals surface area contributed by atoms with Crippen LogP contribution in [-0.2, 0) is 6.42 Å². The second-order valence-electron chi connectivity index (χ2n) is 7.45. The minimum atomic E-state index is -0.244. The second-order valence-corrected chi connectivity index (χ2v) is 7.45. The first-order valence-corrected chi connectivity index (χ1v) is 10.1. The van der Waals surface area contributed by atoms with Crippen molar-refractivity contribution in [2.24, 2.45) is 0 Å². The van der Waals surface area contributed by atoms with Gasteiger partial charge in [-0.2, -0.15) is 0 Å². The summed E-state index contributed by atoms with van der Waals surface area (Å²) in [6, 6.07) is 19.3. The summed E-state index contributed by atoms with van der Waals surface area (Å²) in [4.78, 5) is 9.26. The van der Waals surface area contributed by atoms with Crippen molar-refractivity contribution >= 4 is 0 Å². The van der Waals surface area contributed by atoms with E-state index in [0.29, 0.717) is 0 Å². The van der Waals surface area contributed by atoms with Crippen LogP contribution in [0.5, 0.6) is 0 Å². The van der Waals surface area contributed by atoms with Gasteiger partial charge in [0.1, 0.15) is 11.6 Å². The molecule has 2 aromatic carbocycles. The molecular formula is C24H25F2N3. The molecule has 1 aromatic heterocycles. The third-order valence-corrected chi connectivity index (χ3v) is 5.55. The molecule has 1 aliphatic rings. The molecule has 0 N–H and O–H groups in total. The van der Waals surface area contributed by atoms with Crippen LogP contribution in [0.1, 0.15) is 22.9 Å². The zero-order valence-electron chi connectivity index (χ0n) is 16.3. The van der Waals surface area contributed by atoms with Crippen LogP contribution in [0.3, 0.4) is 0 Å². The van der Waals surface area contributed by atoms with Crippen LogP contribution in [0.4, 0.5) is 8.78 Å². The Morgan fingerprint density at radius 3 is 1.86 bits per heavy atom. The first-order valence-electron chi connectivity index (χ1n) is 10.1. The number of aromatic nitrogens is 1. The van der Waals surface area contributed by atoms with E-state index in [2.05, 4.69) is 20.9 Å². The van der Waals surface area contributed by atoms with Crippen molar-refractivity contribution in [1.29, 1.82) is 0 Å². The van der Waals surface area contributed by atoms with Gasteiger partial charge in [-0.15, -0.1) is 0 Å². The van der Waals surface area contributed by atoms with E-state index in [-0.39, 0.29) is 17.7 Å². The van der Waals surface area contributed by atoms with Crippen LogP contribution in [0.2, 0.25) is 0 Å². The third-order valence-electron chi connectivity index (χ3n) is 5.55. The van der Waals surface area contributed by atoms with E-state index in [1.807, 2.05) is 42.6 Å². The average Bonchev–Trinajstić information content (AvgIpc) is 2.77. The number of piperazine rings is 1. The third kappa shape index (κ3) is 5.05. The van der Waals surface area contributed by atoms with Gasteiger partial charge in [0.15, 0.2) is 0 Å². The monoisotopic (exact) mass is 393 g/mol. The summed E-state index contributed by atoms with van der Waals surface area (Å²) in [6.45, 7) is 4.73. The Hall–Kier alpha value is -2.63. The molecule has 0 bridgehead atoms. The standard InChI is InChI=1S/C24H25F2N3/c25-21-8-4-19(5-9-21)24(20-6-10-22(26)11-7-20)29-17-15-28(16-18-29)14-12-23-3-1-2-13-27-23/h1-11,13,24H,12,14-18H2. The first kappa shape index (κ1) is 19.7. The van der Waals surface area contributed by atoms with Gasteiger partial charge in [-0.25, -0.2) is 8.78 Å². The van der Waals surface area contributed by atoms with Gasteiger partial charge >= 0.3 is 0 Å². The highest BCUT2D eigenvalue weighted by Gasteiger charge is 2.26. The SMILES string of the molecule is Fc1ccc(C(c2ccc(F)cc2)N2CCN(CCc3ccccn3)CC2)cc1. The van der Waals surface area contributed by atoms with Crippen molar-refractivity contribution in [3.05, 3.63) is 101 Å². The highest BCUT2D eigenvalue weighted by atomic mass is 19.1. The van der Waals surface area contributed by atoms with E-state index < -0.39 is 0 Å². The molecule has 1 fully saturated rings. The number of rotatable bonds is 6. The average molecular weight is 393 g/mol. The smallest absolute Gasteiger partial charge is 0.123 e. The van der Waals surface area contributed by atoms with E-state index in [4.69, 9.17) is 0 Å². The van der Waals surface area contributed by atoms with Crippen molar-refractivity contribution in [3.63, 3.8) is 0 Å². The Kier molecular flexibility index (Phi) is 6.27. The van der Waals surface area contributed by atoms with Gasteiger partial charge in [-0.05, 0) is 47.5 Å². The minimum Gasteiger partial charge on any atom is -0.300 e. The van der Waals surface area contributed by atoms with Crippen molar-refractivity contribution in [2.45, 2.75) is 12.5 Å². The lowest BCUT2D eigenvalue weighted by Crippen LogP contribution is -2.48. The first-order chi connectivity index (χ1) is 14.2. The largest absolute Gasteiger partial charge is 0.300 e. The van der Waals surface area contributed by atoms with Gasteiger partial charge in [-0.3, -0.25) is 9.88 Å². The molecule has 0 amide bonds. The van der Waals surface area contributed by atoms with Gasteiger partial charge in [0, 0.05) is 51.0 Å². The molecule has 0 saturated carbocycles. The summed E-state index contributed by atoms with van der Waals surface area (Å²) in [5, 5.41) is 0. The number of halogens is 2. The molecular weight excluding hydrogens is 368 g/mol. The highest BCUT2D eigenvalue weighted by molar-refractivity contribution is 5.32. The van der Waals surface area contributed by atoms with Crippen LogP contribution < -0.4 is 0 Å². The maximum atomic E-state index is 13.4. The summed E-state index contributed by atoms with van der Waals surface area (Å²) >= 11 is 0. The van der Waals surface area contributed by atoms with E-state index in [9.17, 15) is 8.78 Å². The fourth-order valence-electron chi connectivity index (χ4n) is 3.97. The predicted octanol–water partition coefficient (Wildman–Crippen LogP) is 4.31. The number of pyridine rings is 1. The maximum absolute atomic E-state index is 13.4. The van der Waals surface area contributed by atoms with Gasteiger partial charge in [0.25, 0.3) is 0 Å². The Balaban J connectivity index is 1.45. The molecule has 4 rings (SSSR count). The van der Waals surface area contributed by atoms with Gasteiger partial charge in [0.05, 0.1) is 6.04 Å². The molecule has 150 valence electrons. The maximum Gasteiger partial charge on any atom is 0.123 e. The Morgan fingerprint density at radius 2 is 1.34 bits per heavy atom. The molecule has 0 atom stereocenters. The Bertz CT molecular complexity index is 844. The quantitative estimate of drug-likeness (QED) is 0.622. The summed E-state index contributed by atoms with van der Waals surface area (Å²) in [6.07, 6.45) is 2.78. The van der Waals surface area contributed by atoms with Crippen molar-refractivity contribution < 1.29 is 8.78 Å². The van der Waals surface area contributed by atoms with Gasteiger partial charge < -0.3 is 4.90 Å². The Labute approximate surface area is 170 Å². The fourth-order valence-corrected chi connectivity index (χ4v) is 3.97. The summed E-state index contributed by atoms with van der Waals surface area (Å²) < 4.78 is 26.9. The van der Waals surface area contributed by atoms with E-state index >= 15 is 0 Å². The fraction of sp³-hybridized carbons (Fsp3) is 0.292. The lowest BCUT2D eigenvalue weighted by Gasteiger charge is -2.39. The van der Waals surface area contributed by atoms with Crippen molar-refractivity contribution in [2.75, 3.05) is 32.7 Å². The lowest BCUT2D eigenvalue weighted by atomic mass is 9.96. The second kappa shape index (κ2) is 9.25. The number of benzene rings is 2. The topological polar surface area (TPSA) is 19.4 Å². The minimum absolute atomic E-state index is 0.00543. The molecule has 5 heteroatoms. The summed E-state index contributed by atoms with van der Waals surface area (Å²) in [5.41, 5.74) is 3.17. The summed E-state index contributed by atoms with van der Waals surface area (Å²) in [7, 11) is 0. The van der Waals surface area contributed by atoms with Gasteiger partial charge in [-0.1, -0.05) is 30.3 Å². The van der Waals surface area contributed by atoms with Crippen molar-refractivity contribution in [1.82, 2.24) is 14.8 Å². The van der Waals surface area contributed by atoms with Crippen LogP contribution in [0.25, 0.3) is 0 Å². The Morgan fingerprint density at radius 1 is 0.759 bits per heavy atom. The molecule has 0 aliphatic carbocycles. The molecule has 0 radical (unpaired) electrons. The molecule has 29 heavy (non-hydrogen) atoms. The molecule has 3 aromatic rings. The number of nitrogens with zero attached hydrogens (tertiary/aromatic N) is 3. The molecule has 0 unspecified atom stereocenters. The zero-order valence-corrected chi connectivity index (χ0v) is 16.3. The van der Waals surface area contributed by atoms with Crippen LogP contribution in [0.15, 0.2) is 72.9 Å². The highest BCUT2D eigenvalue weighted by Crippen LogP contribution is 2.30. The number of hydrogen-bond acceptors (Lipinski definition) is 3. The molecule has 3 nitrogen and oxygen atoms in total. The van der Waals surface area contributed by atoms with E-state index in [0.717, 1.165) is 56.0 Å². The van der Waals surface area contributed by atoms with E-state index in [1.165, 1.54) is 24.3 Å². The van der Waals surface area contributed by atoms with Crippen LogP contribution in [-0.4, -0.2) is 47.5 Å². The van der Waals surface area contributed by atoms with Crippen molar-refractivity contribution in [3.8, 4) is 0 Å². The van der Waals surface area contributed by atoms with Crippen LogP contribution >= 0.6 is 0 Å². The summed E-state index contributed by atoms with van der Waals surface area (Å²) in [5.74, 6) is -0.489.